The molecule has 2 N–H and O–H groups in total. The lowest BCUT2D eigenvalue weighted by Gasteiger charge is -2.37. The number of amides is 1. The quantitative estimate of drug-likeness (QED) is 0.769. The molecular formula is C14H27Cl2N5O3. The number of methoxy groups -OCH3 is 1. The lowest BCUT2D eigenvalue weighted by Crippen LogP contribution is -2.54. The minimum absolute atomic E-state index is 0. The number of ether oxygens (including phenoxy) is 1. The number of carbonyl (C=O) groups excluding carboxylic acids is 1. The summed E-state index contributed by atoms with van der Waals surface area (Å²) in [5.41, 5.74) is 5.80. The van der Waals surface area contributed by atoms with Crippen molar-refractivity contribution in [1.82, 2.24) is 19.9 Å². The Morgan fingerprint density at radius 2 is 1.96 bits per heavy atom. The van der Waals surface area contributed by atoms with Crippen LogP contribution in [-0.4, -0.2) is 71.8 Å². The molecule has 24 heavy (non-hydrogen) atoms. The first-order chi connectivity index (χ1) is 10.6. The van der Waals surface area contributed by atoms with E-state index < -0.39 is 6.04 Å². The lowest BCUT2D eigenvalue weighted by molar-refractivity contribution is -0.135. The van der Waals surface area contributed by atoms with Crippen molar-refractivity contribution in [2.45, 2.75) is 32.4 Å². The van der Waals surface area contributed by atoms with Gasteiger partial charge in [0.1, 0.15) is 6.04 Å². The number of carbonyl (C=O) groups is 1. The SMILES string of the molecule is CCc1noc(C(C)N2CCN(C(=O)C(N)COC)CC2)n1.Cl.Cl. The van der Waals surface area contributed by atoms with Gasteiger partial charge in [0, 0.05) is 39.7 Å². The summed E-state index contributed by atoms with van der Waals surface area (Å²) in [4.78, 5) is 20.5. The van der Waals surface area contributed by atoms with Crippen LogP contribution < -0.4 is 5.73 Å². The molecule has 0 spiro atoms. The van der Waals surface area contributed by atoms with Gasteiger partial charge in [-0.05, 0) is 6.92 Å². The molecule has 1 aliphatic heterocycles. The van der Waals surface area contributed by atoms with Crippen molar-refractivity contribution in [3.8, 4) is 0 Å². The monoisotopic (exact) mass is 383 g/mol. The van der Waals surface area contributed by atoms with E-state index >= 15 is 0 Å². The molecule has 0 aliphatic carbocycles. The number of halogens is 2. The minimum atomic E-state index is -0.586. The Bertz CT molecular complexity index is 495. The summed E-state index contributed by atoms with van der Waals surface area (Å²) in [7, 11) is 1.54. The number of nitrogens with two attached hydrogens (primary N) is 1. The van der Waals surface area contributed by atoms with Crippen LogP contribution in [0.25, 0.3) is 0 Å². The fourth-order valence-electron chi connectivity index (χ4n) is 2.55. The molecule has 1 aromatic heterocycles. The molecule has 2 unspecified atom stereocenters. The Morgan fingerprint density at radius 1 is 1.33 bits per heavy atom. The second kappa shape index (κ2) is 10.8. The van der Waals surface area contributed by atoms with Gasteiger partial charge in [0.15, 0.2) is 5.82 Å². The van der Waals surface area contributed by atoms with Crippen LogP contribution in [-0.2, 0) is 16.0 Å². The van der Waals surface area contributed by atoms with Gasteiger partial charge in [-0.25, -0.2) is 0 Å². The van der Waals surface area contributed by atoms with Crippen molar-refractivity contribution < 1.29 is 14.1 Å². The third-order valence-electron chi connectivity index (χ3n) is 3.99. The van der Waals surface area contributed by atoms with Crippen LogP contribution in [0.15, 0.2) is 4.52 Å². The molecule has 2 heterocycles. The maximum absolute atomic E-state index is 12.1. The Balaban J connectivity index is 0.00000264. The topological polar surface area (TPSA) is 97.7 Å². The Hall–Kier alpha value is -0.930. The molecule has 0 aromatic carbocycles. The maximum atomic E-state index is 12.1. The standard InChI is InChI=1S/C14H25N5O3.2ClH/c1-4-12-16-13(22-17-12)10(2)18-5-7-19(8-6-18)14(20)11(15)9-21-3;;/h10-11H,4-9,15H2,1-3H3;2*1H. The molecule has 2 atom stereocenters. The first kappa shape index (κ1) is 23.1. The van der Waals surface area contributed by atoms with E-state index in [9.17, 15) is 4.79 Å². The molecule has 1 aromatic rings. The zero-order valence-electron chi connectivity index (χ0n) is 14.3. The Kier molecular flexibility index (Phi) is 10.4. The van der Waals surface area contributed by atoms with E-state index in [0.29, 0.717) is 19.0 Å². The Labute approximate surface area is 154 Å². The second-order valence-electron chi connectivity index (χ2n) is 5.50. The van der Waals surface area contributed by atoms with Crippen LogP contribution in [0.1, 0.15) is 31.6 Å². The van der Waals surface area contributed by atoms with Gasteiger partial charge in [-0.1, -0.05) is 12.1 Å². The molecule has 1 amide bonds. The van der Waals surface area contributed by atoms with Crippen LogP contribution in [0, 0.1) is 0 Å². The molecule has 0 saturated carbocycles. The first-order valence-electron chi connectivity index (χ1n) is 7.66. The number of piperazine rings is 1. The normalized spacial score (nSPS) is 17.6. The van der Waals surface area contributed by atoms with Crippen LogP contribution in [0.2, 0.25) is 0 Å². The van der Waals surface area contributed by atoms with Crippen molar-refractivity contribution in [2.24, 2.45) is 5.73 Å². The molecular weight excluding hydrogens is 357 g/mol. The van der Waals surface area contributed by atoms with E-state index in [-0.39, 0.29) is 43.4 Å². The Morgan fingerprint density at radius 3 is 2.46 bits per heavy atom. The molecule has 1 aliphatic rings. The predicted molar refractivity (Wildman–Crippen MR) is 94.6 cm³/mol. The third-order valence-corrected chi connectivity index (χ3v) is 3.99. The van der Waals surface area contributed by atoms with Crippen molar-refractivity contribution in [3.05, 3.63) is 11.7 Å². The smallest absolute Gasteiger partial charge is 0.243 e. The molecule has 2 rings (SSSR count). The number of nitrogens with zero attached hydrogens (tertiary/aromatic N) is 4. The molecule has 140 valence electrons. The summed E-state index contributed by atoms with van der Waals surface area (Å²) < 4.78 is 10.2. The van der Waals surface area contributed by atoms with E-state index in [2.05, 4.69) is 15.0 Å². The van der Waals surface area contributed by atoms with Gasteiger partial charge in [0.25, 0.3) is 0 Å². The van der Waals surface area contributed by atoms with Gasteiger partial charge in [0.05, 0.1) is 12.6 Å². The number of hydrogen-bond acceptors (Lipinski definition) is 7. The number of hydrogen-bond donors (Lipinski definition) is 1. The number of aromatic nitrogens is 2. The van der Waals surface area contributed by atoms with E-state index in [1.807, 2.05) is 13.8 Å². The highest BCUT2D eigenvalue weighted by atomic mass is 35.5. The zero-order valence-corrected chi connectivity index (χ0v) is 15.9. The molecule has 1 saturated heterocycles. The van der Waals surface area contributed by atoms with Gasteiger partial charge in [-0.15, -0.1) is 24.8 Å². The summed E-state index contributed by atoms with van der Waals surface area (Å²) in [5.74, 6) is 1.30. The molecule has 0 radical (unpaired) electrons. The maximum Gasteiger partial charge on any atom is 0.243 e. The van der Waals surface area contributed by atoms with E-state index in [0.717, 1.165) is 25.3 Å². The predicted octanol–water partition coefficient (Wildman–Crippen LogP) is 0.654. The van der Waals surface area contributed by atoms with Gasteiger partial charge < -0.3 is 19.9 Å². The van der Waals surface area contributed by atoms with E-state index in [4.69, 9.17) is 15.0 Å². The highest BCUT2D eigenvalue weighted by Crippen LogP contribution is 2.20. The van der Waals surface area contributed by atoms with Crippen molar-refractivity contribution >= 4 is 30.7 Å². The number of aryl methyl sites for hydroxylation is 1. The summed E-state index contributed by atoms with van der Waals surface area (Å²) in [6.07, 6.45) is 0.760. The molecule has 1 fully saturated rings. The van der Waals surface area contributed by atoms with Gasteiger partial charge in [-0.3, -0.25) is 9.69 Å². The third kappa shape index (κ3) is 5.56. The molecule has 10 heteroatoms. The van der Waals surface area contributed by atoms with Gasteiger partial charge in [0.2, 0.25) is 11.8 Å². The zero-order chi connectivity index (χ0) is 16.1. The van der Waals surface area contributed by atoms with E-state index in [1.165, 1.54) is 0 Å². The minimum Gasteiger partial charge on any atom is -0.383 e. The van der Waals surface area contributed by atoms with Crippen LogP contribution in [0.3, 0.4) is 0 Å². The largest absolute Gasteiger partial charge is 0.383 e. The van der Waals surface area contributed by atoms with Crippen molar-refractivity contribution in [2.75, 3.05) is 39.9 Å². The van der Waals surface area contributed by atoms with Crippen LogP contribution >= 0.6 is 24.8 Å². The fourth-order valence-corrected chi connectivity index (χ4v) is 2.55. The second-order valence-corrected chi connectivity index (χ2v) is 5.50. The summed E-state index contributed by atoms with van der Waals surface area (Å²) in [6, 6.07) is -0.533. The van der Waals surface area contributed by atoms with Gasteiger partial charge in [-0.2, -0.15) is 4.98 Å². The molecule has 8 nitrogen and oxygen atoms in total. The lowest BCUT2D eigenvalue weighted by atomic mass is 10.2. The first-order valence-corrected chi connectivity index (χ1v) is 7.66. The number of rotatable bonds is 6. The van der Waals surface area contributed by atoms with Crippen molar-refractivity contribution in [1.29, 1.82) is 0 Å². The highest BCUT2D eigenvalue weighted by Gasteiger charge is 2.29. The molecule has 0 bridgehead atoms. The summed E-state index contributed by atoms with van der Waals surface area (Å²) in [5, 5.41) is 3.93. The van der Waals surface area contributed by atoms with E-state index in [1.54, 1.807) is 12.0 Å². The fraction of sp³-hybridized carbons (Fsp3) is 0.786. The average molecular weight is 384 g/mol. The van der Waals surface area contributed by atoms with Crippen LogP contribution in [0.5, 0.6) is 0 Å². The average Bonchev–Trinajstić information content (AvgIpc) is 3.03. The van der Waals surface area contributed by atoms with Gasteiger partial charge >= 0.3 is 0 Å². The highest BCUT2D eigenvalue weighted by molar-refractivity contribution is 5.85. The summed E-state index contributed by atoms with van der Waals surface area (Å²) in [6.45, 7) is 7.10. The van der Waals surface area contributed by atoms with Crippen LogP contribution in [0.4, 0.5) is 0 Å². The van der Waals surface area contributed by atoms with Crippen molar-refractivity contribution in [3.63, 3.8) is 0 Å². The summed E-state index contributed by atoms with van der Waals surface area (Å²) >= 11 is 0.